The highest BCUT2D eigenvalue weighted by molar-refractivity contribution is 4.75. The summed E-state index contributed by atoms with van der Waals surface area (Å²) in [5, 5.41) is 0. The number of nitrogens with zero attached hydrogens (tertiary/aromatic N) is 3. The van der Waals surface area contributed by atoms with E-state index in [1.807, 2.05) is 0 Å². The van der Waals surface area contributed by atoms with Gasteiger partial charge < -0.3 is 4.48 Å². The van der Waals surface area contributed by atoms with Gasteiger partial charge in [-0.15, -0.1) is 0 Å². The summed E-state index contributed by atoms with van der Waals surface area (Å²) in [6.07, 6.45) is 0.753. The van der Waals surface area contributed by atoms with Crippen LogP contribution < -0.4 is 0 Å². The number of fused-ring (bicyclic) bond motifs is 1. The summed E-state index contributed by atoms with van der Waals surface area (Å²) in [5.74, 6) is 0. The molecule has 0 aliphatic carbocycles. The van der Waals surface area contributed by atoms with Crippen LogP contribution in [0.3, 0.4) is 0 Å². The Bertz CT molecular complexity index is 183. The van der Waals surface area contributed by atoms with Crippen LogP contribution in [0.2, 0.25) is 0 Å². The van der Waals surface area contributed by atoms with Crippen molar-refractivity contribution in [2.45, 2.75) is 6.17 Å². The van der Waals surface area contributed by atoms with Crippen molar-refractivity contribution in [3.05, 3.63) is 0 Å². The van der Waals surface area contributed by atoms with Crippen LogP contribution in [0, 0.1) is 0 Å². The van der Waals surface area contributed by atoms with Crippen LogP contribution in [-0.2, 0) is 0 Å². The molecule has 0 amide bonds. The van der Waals surface area contributed by atoms with E-state index in [2.05, 4.69) is 30.9 Å². The lowest BCUT2D eigenvalue weighted by Gasteiger charge is -2.44. The third-order valence-corrected chi connectivity index (χ3v) is 3.66. The van der Waals surface area contributed by atoms with Crippen LogP contribution in [0.15, 0.2) is 0 Å². The molecule has 12 heavy (non-hydrogen) atoms. The minimum atomic E-state index is 0.753. The second-order valence-corrected chi connectivity index (χ2v) is 4.65. The summed E-state index contributed by atoms with van der Waals surface area (Å²) < 4.78 is 1.28. The summed E-state index contributed by atoms with van der Waals surface area (Å²) in [5.41, 5.74) is 0. The molecule has 2 unspecified atom stereocenters. The van der Waals surface area contributed by atoms with Gasteiger partial charge in [0.2, 0.25) is 0 Å². The van der Waals surface area contributed by atoms with Crippen molar-refractivity contribution in [3.63, 3.8) is 0 Å². The Hall–Kier alpha value is -0.120. The van der Waals surface area contributed by atoms with E-state index < -0.39 is 0 Å². The normalized spacial score (nSPS) is 44.8. The van der Waals surface area contributed by atoms with Crippen LogP contribution in [-0.4, -0.2) is 74.3 Å². The fourth-order valence-electron chi connectivity index (χ4n) is 2.53. The van der Waals surface area contributed by atoms with Crippen molar-refractivity contribution >= 4 is 0 Å². The third kappa shape index (κ3) is 1.16. The zero-order valence-corrected chi connectivity index (χ0v) is 8.45. The molecule has 3 nitrogen and oxygen atoms in total. The van der Waals surface area contributed by atoms with E-state index in [0.29, 0.717) is 0 Å². The molecule has 0 spiro atoms. The standard InChI is InChI=1S/C9H20N3/c1-10-4-6-12(3)7-5-11(2)9(12)8-10/h9H,4-8H2,1-3H3/q+1. The summed E-state index contributed by atoms with van der Waals surface area (Å²) in [6, 6.07) is 0. The zero-order valence-electron chi connectivity index (χ0n) is 8.45. The van der Waals surface area contributed by atoms with Crippen LogP contribution in [0.1, 0.15) is 0 Å². The van der Waals surface area contributed by atoms with Crippen LogP contribution in [0.5, 0.6) is 0 Å². The molecule has 0 aromatic carbocycles. The molecule has 2 atom stereocenters. The quantitative estimate of drug-likeness (QED) is 0.459. The van der Waals surface area contributed by atoms with E-state index in [-0.39, 0.29) is 0 Å². The van der Waals surface area contributed by atoms with Gasteiger partial charge in [0.25, 0.3) is 0 Å². The van der Waals surface area contributed by atoms with Gasteiger partial charge in [0.1, 0.15) is 0 Å². The first-order valence-corrected chi connectivity index (χ1v) is 4.85. The molecule has 2 rings (SSSR count). The Morgan fingerprint density at radius 1 is 1.17 bits per heavy atom. The van der Waals surface area contributed by atoms with E-state index in [1.54, 1.807) is 0 Å². The van der Waals surface area contributed by atoms with Crippen molar-refractivity contribution in [3.8, 4) is 0 Å². The molecule has 2 heterocycles. The molecule has 3 heteroatoms. The van der Waals surface area contributed by atoms with Gasteiger partial charge in [-0.1, -0.05) is 0 Å². The fourth-order valence-corrected chi connectivity index (χ4v) is 2.53. The number of rotatable bonds is 0. The van der Waals surface area contributed by atoms with Gasteiger partial charge in [-0.3, -0.25) is 9.80 Å². The van der Waals surface area contributed by atoms with E-state index in [9.17, 15) is 0 Å². The average Bonchev–Trinajstić information content (AvgIpc) is 2.31. The molecule has 0 bridgehead atoms. The molecule has 2 aliphatic rings. The second kappa shape index (κ2) is 2.69. The first-order chi connectivity index (χ1) is 5.62. The fraction of sp³-hybridized carbons (Fsp3) is 1.00. The molecule has 0 aromatic rings. The summed E-state index contributed by atoms with van der Waals surface area (Å²) in [7, 11) is 6.89. The molecule has 70 valence electrons. The maximum Gasteiger partial charge on any atom is 0.158 e. The average molecular weight is 170 g/mol. The molecule has 0 radical (unpaired) electrons. The Labute approximate surface area is 75.1 Å². The molecule has 0 N–H and O–H groups in total. The topological polar surface area (TPSA) is 6.48 Å². The smallest absolute Gasteiger partial charge is 0.158 e. The van der Waals surface area contributed by atoms with Crippen molar-refractivity contribution in [2.75, 3.05) is 53.9 Å². The van der Waals surface area contributed by atoms with E-state index in [4.69, 9.17) is 0 Å². The van der Waals surface area contributed by atoms with Crippen molar-refractivity contribution in [1.82, 2.24) is 9.80 Å². The zero-order chi connectivity index (χ0) is 8.77. The molecular weight excluding hydrogens is 150 g/mol. The summed E-state index contributed by atoms with van der Waals surface area (Å²) in [4.78, 5) is 4.96. The minimum Gasteiger partial charge on any atom is -0.308 e. The molecule has 2 aliphatic heterocycles. The molecule has 0 aromatic heterocycles. The number of likely N-dealkylation sites (N-methyl/N-ethyl adjacent to an activating group) is 3. The van der Waals surface area contributed by atoms with Gasteiger partial charge >= 0.3 is 0 Å². The highest BCUT2D eigenvalue weighted by Crippen LogP contribution is 2.24. The van der Waals surface area contributed by atoms with Gasteiger partial charge in [0.05, 0.1) is 33.2 Å². The first kappa shape index (κ1) is 8.48. The van der Waals surface area contributed by atoms with Gasteiger partial charge in [-0.2, -0.15) is 0 Å². The lowest BCUT2D eigenvalue weighted by Crippen LogP contribution is -2.62. The Balaban J connectivity index is 2.13. The van der Waals surface area contributed by atoms with Crippen LogP contribution in [0.25, 0.3) is 0 Å². The second-order valence-electron chi connectivity index (χ2n) is 4.65. The summed E-state index contributed by atoms with van der Waals surface area (Å²) in [6.45, 7) is 6.45. The first-order valence-electron chi connectivity index (χ1n) is 4.85. The largest absolute Gasteiger partial charge is 0.308 e. The van der Waals surface area contributed by atoms with Crippen molar-refractivity contribution in [1.29, 1.82) is 0 Å². The van der Waals surface area contributed by atoms with Gasteiger partial charge in [-0.25, -0.2) is 0 Å². The number of piperazine rings is 1. The summed E-state index contributed by atoms with van der Waals surface area (Å²) >= 11 is 0. The monoisotopic (exact) mass is 170 g/mol. The third-order valence-electron chi connectivity index (χ3n) is 3.66. The molecule has 2 saturated heterocycles. The SMILES string of the molecule is CN1CC[N+]2(C)CCN(C)C2C1. The Morgan fingerprint density at radius 2 is 1.83 bits per heavy atom. The number of hydrogen-bond donors (Lipinski definition) is 0. The van der Waals surface area contributed by atoms with Crippen molar-refractivity contribution in [2.24, 2.45) is 0 Å². The van der Waals surface area contributed by atoms with Crippen LogP contribution >= 0.6 is 0 Å². The lowest BCUT2D eigenvalue weighted by atomic mass is 10.2. The van der Waals surface area contributed by atoms with E-state index in [1.165, 1.54) is 37.2 Å². The molecular formula is C9H20N3+. The lowest BCUT2D eigenvalue weighted by molar-refractivity contribution is -0.930. The van der Waals surface area contributed by atoms with E-state index >= 15 is 0 Å². The highest BCUT2D eigenvalue weighted by atomic mass is 15.5. The van der Waals surface area contributed by atoms with Gasteiger partial charge in [0.15, 0.2) is 6.17 Å². The predicted molar refractivity (Wildman–Crippen MR) is 49.8 cm³/mol. The van der Waals surface area contributed by atoms with Crippen LogP contribution in [0.4, 0.5) is 0 Å². The van der Waals surface area contributed by atoms with Gasteiger partial charge in [0, 0.05) is 6.54 Å². The minimum absolute atomic E-state index is 0.753. The maximum atomic E-state index is 2.51. The van der Waals surface area contributed by atoms with Crippen molar-refractivity contribution < 1.29 is 4.48 Å². The Morgan fingerprint density at radius 3 is 2.58 bits per heavy atom. The van der Waals surface area contributed by atoms with Gasteiger partial charge in [-0.05, 0) is 14.1 Å². The predicted octanol–water partition coefficient (Wildman–Crippen LogP) is -0.350. The Kier molecular flexibility index (Phi) is 1.90. The highest BCUT2D eigenvalue weighted by Gasteiger charge is 2.44. The van der Waals surface area contributed by atoms with E-state index in [0.717, 1.165) is 6.17 Å². The molecule has 0 saturated carbocycles. The number of hydrogen-bond acceptors (Lipinski definition) is 2. The maximum absolute atomic E-state index is 2.51. The molecule has 2 fully saturated rings. The number of quaternary nitrogens is 1.